The summed E-state index contributed by atoms with van der Waals surface area (Å²) in [4.78, 5) is 18.4. The quantitative estimate of drug-likeness (QED) is 0.590. The third-order valence-corrected chi connectivity index (χ3v) is 5.56. The molecule has 4 aromatic heterocycles. The fourth-order valence-corrected chi connectivity index (χ4v) is 4.24. The van der Waals surface area contributed by atoms with Crippen LogP contribution in [0.25, 0.3) is 27.6 Å². The van der Waals surface area contributed by atoms with E-state index in [-0.39, 0.29) is 5.56 Å². The molecule has 0 spiro atoms. The molecule has 2 N–H and O–H groups in total. The first-order chi connectivity index (χ1) is 11.7. The van der Waals surface area contributed by atoms with Crippen molar-refractivity contribution in [3.63, 3.8) is 0 Å². The maximum atomic E-state index is 12.6. The lowest BCUT2D eigenvalue weighted by Gasteiger charge is -2.00. The fraction of sp³-hybridized carbons (Fsp3) is 0.235. The topological polar surface area (TPSA) is 78.8 Å². The molecule has 0 atom stereocenters. The summed E-state index contributed by atoms with van der Waals surface area (Å²) in [7, 11) is 0. The Morgan fingerprint density at radius 2 is 2.25 bits per heavy atom. The normalized spacial score (nSPS) is 13.7. The first kappa shape index (κ1) is 13.7. The van der Waals surface area contributed by atoms with E-state index in [1.807, 2.05) is 24.4 Å². The smallest absolute Gasteiger partial charge is 0.273 e. The molecular formula is C17H15N5OS. The van der Waals surface area contributed by atoms with Crippen LogP contribution in [0, 0.1) is 6.92 Å². The number of hydrogen-bond donors (Lipinski definition) is 2. The fourth-order valence-electron chi connectivity index (χ4n) is 3.46. The molecule has 1 aliphatic carbocycles. The van der Waals surface area contributed by atoms with Gasteiger partial charge >= 0.3 is 0 Å². The highest BCUT2D eigenvalue weighted by atomic mass is 32.1. The van der Waals surface area contributed by atoms with E-state index in [4.69, 9.17) is 4.98 Å². The molecule has 4 heterocycles. The number of H-pyrrole nitrogens is 2. The third-order valence-electron chi connectivity index (χ3n) is 4.67. The number of nitrogens with one attached hydrogen (secondary N) is 2. The van der Waals surface area contributed by atoms with Crippen molar-refractivity contribution in [3.8, 4) is 22.0 Å². The summed E-state index contributed by atoms with van der Waals surface area (Å²) in [6, 6.07) is 5.60. The van der Waals surface area contributed by atoms with Crippen molar-refractivity contribution in [3.05, 3.63) is 50.8 Å². The average molecular weight is 337 g/mol. The van der Waals surface area contributed by atoms with E-state index in [2.05, 4.69) is 15.3 Å². The Morgan fingerprint density at radius 1 is 1.33 bits per heavy atom. The predicted molar refractivity (Wildman–Crippen MR) is 93.5 cm³/mol. The second-order valence-corrected chi connectivity index (χ2v) is 7.06. The number of hydrogen-bond acceptors (Lipinski definition) is 4. The van der Waals surface area contributed by atoms with Gasteiger partial charge in [-0.1, -0.05) is 6.07 Å². The molecule has 0 fully saturated rings. The zero-order valence-corrected chi connectivity index (χ0v) is 13.9. The number of aromatic nitrogens is 5. The van der Waals surface area contributed by atoms with Crippen LogP contribution in [0.1, 0.15) is 23.2 Å². The molecule has 4 aromatic rings. The van der Waals surface area contributed by atoms with Gasteiger partial charge in [-0.2, -0.15) is 5.10 Å². The monoisotopic (exact) mass is 337 g/mol. The summed E-state index contributed by atoms with van der Waals surface area (Å²) in [5.74, 6) is 0. The first-order valence-electron chi connectivity index (χ1n) is 7.95. The number of aromatic amines is 2. The number of thiophene rings is 1. The Morgan fingerprint density at radius 3 is 3.08 bits per heavy atom. The molecule has 5 rings (SSSR count). The van der Waals surface area contributed by atoms with Gasteiger partial charge in [0.25, 0.3) is 5.56 Å². The van der Waals surface area contributed by atoms with Crippen molar-refractivity contribution >= 4 is 17.0 Å². The second-order valence-electron chi connectivity index (χ2n) is 6.11. The van der Waals surface area contributed by atoms with Gasteiger partial charge in [-0.3, -0.25) is 15.0 Å². The Hall–Kier alpha value is -2.67. The minimum absolute atomic E-state index is 0.115. The van der Waals surface area contributed by atoms with E-state index < -0.39 is 0 Å². The van der Waals surface area contributed by atoms with Crippen LogP contribution in [0.15, 0.2) is 28.4 Å². The van der Waals surface area contributed by atoms with Gasteiger partial charge in [0.2, 0.25) is 0 Å². The van der Waals surface area contributed by atoms with Crippen molar-refractivity contribution in [2.24, 2.45) is 0 Å². The Balaban J connectivity index is 1.75. The number of rotatable bonds is 2. The highest BCUT2D eigenvalue weighted by Crippen LogP contribution is 2.31. The molecular weight excluding hydrogens is 322 g/mol. The standard InChI is InChI=1S/C17H15N5OS/c1-9-15(13-6-3-7-24-13)21-22-14(23)8-12(18-17(9)22)16-10-4-2-5-11(10)19-20-16/h3,6-8,21H,2,4-5H2,1H3,(H,19,20). The van der Waals surface area contributed by atoms with E-state index in [0.29, 0.717) is 11.3 Å². The molecule has 0 bridgehead atoms. The lowest BCUT2D eigenvalue weighted by Crippen LogP contribution is -2.14. The predicted octanol–water partition coefficient (Wildman–Crippen LogP) is 2.94. The summed E-state index contributed by atoms with van der Waals surface area (Å²) in [5, 5.41) is 12.7. The SMILES string of the molecule is Cc1c(-c2cccs2)[nH]n2c(=O)cc(-c3n[nH]c4c3CCC4)nc12. The third kappa shape index (κ3) is 1.85. The van der Waals surface area contributed by atoms with Crippen molar-refractivity contribution in [2.75, 3.05) is 0 Å². The second kappa shape index (κ2) is 4.91. The summed E-state index contributed by atoms with van der Waals surface area (Å²) in [6.07, 6.45) is 3.15. The van der Waals surface area contributed by atoms with Gasteiger partial charge in [0.05, 0.1) is 16.3 Å². The maximum Gasteiger partial charge on any atom is 0.273 e. The molecule has 0 aliphatic heterocycles. The molecule has 0 aromatic carbocycles. The van der Waals surface area contributed by atoms with Gasteiger partial charge in [0.15, 0.2) is 5.65 Å². The van der Waals surface area contributed by atoms with Crippen molar-refractivity contribution in [2.45, 2.75) is 26.2 Å². The minimum atomic E-state index is -0.115. The molecule has 120 valence electrons. The highest BCUT2D eigenvalue weighted by Gasteiger charge is 2.22. The van der Waals surface area contributed by atoms with Gasteiger partial charge < -0.3 is 0 Å². The Kier molecular flexibility index (Phi) is 2.81. The molecule has 0 saturated heterocycles. The van der Waals surface area contributed by atoms with Crippen LogP contribution in [0.3, 0.4) is 0 Å². The largest absolute Gasteiger partial charge is 0.288 e. The van der Waals surface area contributed by atoms with Gasteiger partial charge in [0.1, 0.15) is 5.69 Å². The lowest BCUT2D eigenvalue weighted by atomic mass is 10.1. The van der Waals surface area contributed by atoms with Crippen LogP contribution in [-0.2, 0) is 12.8 Å². The molecule has 0 saturated carbocycles. The van der Waals surface area contributed by atoms with E-state index in [1.54, 1.807) is 17.4 Å². The van der Waals surface area contributed by atoms with E-state index >= 15 is 0 Å². The van der Waals surface area contributed by atoms with Crippen LogP contribution in [0.4, 0.5) is 0 Å². The van der Waals surface area contributed by atoms with Crippen LogP contribution in [-0.4, -0.2) is 24.8 Å². The molecule has 7 heteroatoms. The molecule has 0 radical (unpaired) electrons. The zero-order chi connectivity index (χ0) is 16.3. The number of nitrogens with zero attached hydrogens (tertiary/aromatic N) is 3. The van der Waals surface area contributed by atoms with Gasteiger partial charge in [-0.05, 0) is 37.6 Å². The summed E-state index contributed by atoms with van der Waals surface area (Å²) >= 11 is 1.64. The molecule has 6 nitrogen and oxygen atoms in total. The number of fused-ring (bicyclic) bond motifs is 2. The molecule has 0 unspecified atom stereocenters. The molecule has 1 aliphatic rings. The summed E-state index contributed by atoms with van der Waals surface area (Å²) in [6.45, 7) is 1.99. The van der Waals surface area contributed by atoms with Crippen LogP contribution in [0.2, 0.25) is 0 Å². The first-order valence-corrected chi connectivity index (χ1v) is 8.83. The Labute approximate surface area is 141 Å². The average Bonchev–Trinajstić information content (AvgIpc) is 3.30. The van der Waals surface area contributed by atoms with Crippen LogP contribution in [0.5, 0.6) is 0 Å². The zero-order valence-electron chi connectivity index (χ0n) is 13.1. The van der Waals surface area contributed by atoms with E-state index in [9.17, 15) is 4.79 Å². The maximum absolute atomic E-state index is 12.6. The molecule has 24 heavy (non-hydrogen) atoms. The highest BCUT2D eigenvalue weighted by molar-refractivity contribution is 7.13. The van der Waals surface area contributed by atoms with E-state index in [1.165, 1.54) is 15.8 Å². The van der Waals surface area contributed by atoms with E-state index in [0.717, 1.165) is 41.1 Å². The van der Waals surface area contributed by atoms with Gasteiger partial charge in [-0.25, -0.2) is 9.50 Å². The summed E-state index contributed by atoms with van der Waals surface area (Å²) < 4.78 is 1.51. The minimum Gasteiger partial charge on any atom is -0.288 e. The van der Waals surface area contributed by atoms with Crippen LogP contribution < -0.4 is 5.56 Å². The van der Waals surface area contributed by atoms with Crippen LogP contribution >= 0.6 is 11.3 Å². The summed E-state index contributed by atoms with van der Waals surface area (Å²) in [5.41, 5.74) is 6.32. The number of aryl methyl sites for hydroxylation is 2. The van der Waals surface area contributed by atoms with Gasteiger partial charge in [-0.15, -0.1) is 11.3 Å². The van der Waals surface area contributed by atoms with Crippen molar-refractivity contribution in [1.82, 2.24) is 24.8 Å². The van der Waals surface area contributed by atoms with Gasteiger partial charge in [0, 0.05) is 22.9 Å². The molecule has 0 amide bonds. The lowest BCUT2D eigenvalue weighted by molar-refractivity contribution is 0.863. The van der Waals surface area contributed by atoms with Crippen molar-refractivity contribution in [1.29, 1.82) is 0 Å². The Bertz CT molecular complexity index is 1120. The van der Waals surface area contributed by atoms with Crippen molar-refractivity contribution < 1.29 is 0 Å².